The first-order chi connectivity index (χ1) is 6.72. The number of aromatic hydroxyl groups is 1. The van der Waals surface area contributed by atoms with Crippen molar-refractivity contribution in [3.8, 4) is 5.75 Å². The summed E-state index contributed by atoms with van der Waals surface area (Å²) in [5.41, 5.74) is 0.475. The summed E-state index contributed by atoms with van der Waals surface area (Å²) in [7, 11) is 0. The van der Waals surface area contributed by atoms with Gasteiger partial charge in [0, 0.05) is 11.9 Å². The number of benzene rings is 1. The van der Waals surface area contributed by atoms with Crippen molar-refractivity contribution in [2.24, 2.45) is 0 Å². The van der Waals surface area contributed by atoms with Crippen LogP contribution in [-0.2, 0) is 5.88 Å². The highest BCUT2D eigenvalue weighted by Crippen LogP contribution is 2.27. The Labute approximate surface area is 84.5 Å². The first-order valence-corrected chi connectivity index (χ1v) is 4.56. The molecular weight excluding hydrogens is 204 g/mol. The minimum Gasteiger partial charge on any atom is -0.507 e. The number of alkyl halides is 1. The van der Waals surface area contributed by atoms with Gasteiger partial charge in [0.25, 0.3) is 0 Å². The van der Waals surface area contributed by atoms with E-state index in [2.05, 4.69) is 0 Å². The SMILES string of the molecule is O=c1cc(CCl)c2c(O)cccc2o1. The normalized spacial score (nSPS) is 10.6. The van der Waals surface area contributed by atoms with Gasteiger partial charge in [0.1, 0.15) is 11.3 Å². The topological polar surface area (TPSA) is 50.4 Å². The van der Waals surface area contributed by atoms with Gasteiger partial charge in [-0.3, -0.25) is 0 Å². The summed E-state index contributed by atoms with van der Waals surface area (Å²) in [6.45, 7) is 0. The summed E-state index contributed by atoms with van der Waals surface area (Å²) in [6.07, 6.45) is 0. The molecule has 0 saturated heterocycles. The van der Waals surface area contributed by atoms with Crippen LogP contribution >= 0.6 is 11.6 Å². The van der Waals surface area contributed by atoms with E-state index in [1.807, 2.05) is 0 Å². The predicted molar refractivity (Wildman–Crippen MR) is 53.7 cm³/mol. The van der Waals surface area contributed by atoms with E-state index in [0.29, 0.717) is 16.5 Å². The maximum absolute atomic E-state index is 11.1. The molecule has 0 atom stereocenters. The zero-order valence-electron chi connectivity index (χ0n) is 7.16. The van der Waals surface area contributed by atoms with Crippen LogP contribution < -0.4 is 5.63 Å². The molecule has 3 nitrogen and oxygen atoms in total. The highest BCUT2D eigenvalue weighted by molar-refractivity contribution is 6.18. The summed E-state index contributed by atoms with van der Waals surface area (Å²) in [4.78, 5) is 11.1. The number of halogens is 1. The molecule has 0 saturated carbocycles. The number of phenolic OH excluding ortho intramolecular Hbond substituents is 1. The van der Waals surface area contributed by atoms with E-state index in [-0.39, 0.29) is 11.6 Å². The molecule has 2 rings (SSSR count). The molecule has 2 aromatic rings. The van der Waals surface area contributed by atoms with E-state index in [4.69, 9.17) is 16.0 Å². The summed E-state index contributed by atoms with van der Waals surface area (Å²) >= 11 is 5.66. The molecule has 0 aliphatic rings. The molecule has 0 aliphatic heterocycles. The van der Waals surface area contributed by atoms with Gasteiger partial charge in [-0.15, -0.1) is 11.6 Å². The lowest BCUT2D eigenvalue weighted by Crippen LogP contribution is -1.99. The number of fused-ring (bicyclic) bond motifs is 1. The highest BCUT2D eigenvalue weighted by atomic mass is 35.5. The Bertz CT molecular complexity index is 530. The molecule has 0 unspecified atom stereocenters. The Morgan fingerprint density at radius 1 is 1.43 bits per heavy atom. The second kappa shape index (κ2) is 3.35. The first kappa shape index (κ1) is 9.09. The molecular formula is C10H7ClO3. The van der Waals surface area contributed by atoms with Crippen molar-refractivity contribution in [2.45, 2.75) is 5.88 Å². The molecule has 0 radical (unpaired) electrons. The summed E-state index contributed by atoms with van der Waals surface area (Å²) in [6, 6.07) is 6.04. The van der Waals surface area contributed by atoms with Gasteiger partial charge >= 0.3 is 5.63 Å². The summed E-state index contributed by atoms with van der Waals surface area (Å²) in [5, 5.41) is 10.1. The van der Waals surface area contributed by atoms with Crippen LogP contribution in [0.15, 0.2) is 33.5 Å². The van der Waals surface area contributed by atoms with Crippen molar-refractivity contribution >= 4 is 22.6 Å². The monoisotopic (exact) mass is 210 g/mol. The number of hydrogen-bond donors (Lipinski definition) is 1. The van der Waals surface area contributed by atoms with Gasteiger partial charge in [-0.2, -0.15) is 0 Å². The largest absolute Gasteiger partial charge is 0.507 e. The van der Waals surface area contributed by atoms with Crippen LogP contribution in [0.3, 0.4) is 0 Å². The molecule has 0 spiro atoms. The van der Waals surface area contributed by atoms with Crippen molar-refractivity contribution < 1.29 is 9.52 Å². The second-order valence-corrected chi connectivity index (χ2v) is 3.14. The maximum atomic E-state index is 11.1. The van der Waals surface area contributed by atoms with Crippen LogP contribution in [0, 0.1) is 0 Å². The average Bonchev–Trinajstić information content (AvgIpc) is 2.16. The lowest BCUT2D eigenvalue weighted by Gasteiger charge is -2.02. The highest BCUT2D eigenvalue weighted by Gasteiger charge is 2.07. The zero-order chi connectivity index (χ0) is 10.1. The minimum absolute atomic E-state index is 0.0712. The van der Waals surface area contributed by atoms with Crippen molar-refractivity contribution in [1.82, 2.24) is 0 Å². The van der Waals surface area contributed by atoms with Crippen LogP contribution in [0.25, 0.3) is 11.0 Å². The van der Waals surface area contributed by atoms with E-state index < -0.39 is 5.63 Å². The standard InChI is InChI=1S/C10H7ClO3/c11-5-6-4-9(13)14-8-3-1-2-7(12)10(6)8/h1-4,12H,5H2. The van der Waals surface area contributed by atoms with E-state index >= 15 is 0 Å². The van der Waals surface area contributed by atoms with Crippen LogP contribution in [0.4, 0.5) is 0 Å². The molecule has 14 heavy (non-hydrogen) atoms. The molecule has 0 aliphatic carbocycles. The molecule has 4 heteroatoms. The number of phenols is 1. The molecule has 0 fully saturated rings. The van der Waals surface area contributed by atoms with E-state index in [0.717, 1.165) is 0 Å². The molecule has 1 N–H and O–H groups in total. The Morgan fingerprint density at radius 3 is 2.93 bits per heavy atom. The minimum atomic E-state index is -0.459. The van der Waals surface area contributed by atoms with Gasteiger partial charge < -0.3 is 9.52 Å². The van der Waals surface area contributed by atoms with Crippen LogP contribution in [0.2, 0.25) is 0 Å². The van der Waals surface area contributed by atoms with Gasteiger partial charge in [0.2, 0.25) is 0 Å². The smallest absolute Gasteiger partial charge is 0.336 e. The maximum Gasteiger partial charge on any atom is 0.336 e. The Balaban J connectivity index is 2.96. The Hall–Kier alpha value is -1.48. The van der Waals surface area contributed by atoms with Crippen LogP contribution in [0.5, 0.6) is 5.75 Å². The Kier molecular flexibility index (Phi) is 2.17. The molecule has 72 valence electrons. The molecule has 0 bridgehead atoms. The Morgan fingerprint density at radius 2 is 2.21 bits per heavy atom. The fraction of sp³-hybridized carbons (Fsp3) is 0.100. The second-order valence-electron chi connectivity index (χ2n) is 2.87. The van der Waals surface area contributed by atoms with Gasteiger partial charge in [0.15, 0.2) is 0 Å². The van der Waals surface area contributed by atoms with E-state index in [1.54, 1.807) is 12.1 Å². The fourth-order valence-electron chi connectivity index (χ4n) is 1.38. The molecule has 1 heterocycles. The van der Waals surface area contributed by atoms with E-state index in [9.17, 15) is 9.90 Å². The van der Waals surface area contributed by atoms with Gasteiger partial charge in [0.05, 0.1) is 5.39 Å². The van der Waals surface area contributed by atoms with E-state index in [1.165, 1.54) is 12.1 Å². The third-order valence-corrected chi connectivity index (χ3v) is 2.26. The van der Waals surface area contributed by atoms with Crippen LogP contribution in [-0.4, -0.2) is 5.11 Å². The number of hydrogen-bond acceptors (Lipinski definition) is 3. The predicted octanol–water partition coefficient (Wildman–Crippen LogP) is 2.24. The van der Waals surface area contributed by atoms with Gasteiger partial charge in [-0.1, -0.05) is 6.07 Å². The van der Waals surface area contributed by atoms with Crippen molar-refractivity contribution in [1.29, 1.82) is 0 Å². The van der Waals surface area contributed by atoms with Crippen molar-refractivity contribution in [3.63, 3.8) is 0 Å². The molecule has 0 amide bonds. The summed E-state index contributed by atoms with van der Waals surface area (Å²) in [5.74, 6) is 0.238. The average molecular weight is 211 g/mol. The van der Waals surface area contributed by atoms with Gasteiger partial charge in [-0.05, 0) is 17.7 Å². The van der Waals surface area contributed by atoms with Crippen LogP contribution in [0.1, 0.15) is 5.56 Å². The zero-order valence-corrected chi connectivity index (χ0v) is 7.91. The third-order valence-electron chi connectivity index (χ3n) is 1.97. The third kappa shape index (κ3) is 1.36. The quantitative estimate of drug-likeness (QED) is 0.580. The lowest BCUT2D eigenvalue weighted by atomic mass is 10.1. The van der Waals surface area contributed by atoms with Crippen molar-refractivity contribution in [3.05, 3.63) is 40.2 Å². The fourth-order valence-corrected chi connectivity index (χ4v) is 1.60. The van der Waals surface area contributed by atoms with Crippen molar-refractivity contribution in [2.75, 3.05) is 0 Å². The number of rotatable bonds is 1. The first-order valence-electron chi connectivity index (χ1n) is 4.03. The lowest BCUT2D eigenvalue weighted by molar-refractivity contribution is 0.478. The molecule has 1 aromatic heterocycles. The van der Waals surface area contributed by atoms with Gasteiger partial charge in [-0.25, -0.2) is 4.79 Å². The molecule has 1 aromatic carbocycles. The summed E-state index contributed by atoms with van der Waals surface area (Å²) < 4.78 is 4.91.